The number of nitrogens with one attached hydrogen (secondary N) is 1. The van der Waals surface area contributed by atoms with Crippen molar-refractivity contribution in [3.8, 4) is 0 Å². The molecule has 1 aromatic carbocycles. The standard InChI is InChI=1S/C14H20ClF2N/c1-11(2)8-13(15)9-18-10-14(16,17)12-6-4-3-5-7-12/h3-7,11,13,18H,8-10H2,1-2H3. The molecule has 0 fully saturated rings. The van der Waals surface area contributed by atoms with E-state index in [-0.39, 0.29) is 17.5 Å². The van der Waals surface area contributed by atoms with Gasteiger partial charge >= 0.3 is 0 Å². The molecule has 0 saturated carbocycles. The Balaban J connectivity index is 2.38. The third-order valence-electron chi connectivity index (χ3n) is 2.64. The second-order valence-corrected chi connectivity index (χ2v) is 5.55. The monoisotopic (exact) mass is 275 g/mol. The summed E-state index contributed by atoms with van der Waals surface area (Å²) in [6.07, 6.45) is 0.825. The van der Waals surface area contributed by atoms with Crippen LogP contribution in [0.15, 0.2) is 30.3 Å². The van der Waals surface area contributed by atoms with E-state index in [1.54, 1.807) is 18.2 Å². The Morgan fingerprint density at radius 1 is 1.22 bits per heavy atom. The highest BCUT2D eigenvalue weighted by Gasteiger charge is 2.30. The summed E-state index contributed by atoms with van der Waals surface area (Å²) in [5, 5.41) is 2.65. The van der Waals surface area contributed by atoms with E-state index in [0.717, 1.165) is 6.42 Å². The number of hydrogen-bond donors (Lipinski definition) is 1. The molecular weight excluding hydrogens is 256 g/mol. The molecule has 0 aliphatic carbocycles. The number of benzene rings is 1. The summed E-state index contributed by atoms with van der Waals surface area (Å²) in [5.74, 6) is -2.38. The first-order valence-electron chi connectivity index (χ1n) is 6.20. The molecule has 1 nitrogen and oxygen atoms in total. The summed E-state index contributed by atoms with van der Waals surface area (Å²) in [5.41, 5.74) is 0.0347. The topological polar surface area (TPSA) is 12.0 Å². The van der Waals surface area contributed by atoms with Crippen molar-refractivity contribution < 1.29 is 8.78 Å². The highest BCUT2D eigenvalue weighted by atomic mass is 35.5. The molecule has 0 saturated heterocycles. The first kappa shape index (κ1) is 15.4. The van der Waals surface area contributed by atoms with Crippen LogP contribution in [0.2, 0.25) is 0 Å². The maximum absolute atomic E-state index is 13.8. The van der Waals surface area contributed by atoms with Gasteiger partial charge in [-0.25, -0.2) is 0 Å². The van der Waals surface area contributed by atoms with Gasteiger partial charge in [0.25, 0.3) is 5.92 Å². The van der Waals surface area contributed by atoms with Gasteiger partial charge in [-0.1, -0.05) is 44.2 Å². The molecule has 0 amide bonds. The molecule has 1 atom stereocenters. The maximum atomic E-state index is 13.8. The average molecular weight is 276 g/mol. The van der Waals surface area contributed by atoms with E-state index in [1.165, 1.54) is 12.1 Å². The third kappa shape index (κ3) is 5.32. The van der Waals surface area contributed by atoms with Crippen molar-refractivity contribution in [3.05, 3.63) is 35.9 Å². The smallest absolute Gasteiger partial charge is 0.285 e. The van der Waals surface area contributed by atoms with Crippen molar-refractivity contribution in [2.45, 2.75) is 31.6 Å². The Morgan fingerprint density at radius 3 is 2.39 bits per heavy atom. The zero-order chi connectivity index (χ0) is 13.6. The predicted molar refractivity (Wildman–Crippen MR) is 72.3 cm³/mol. The number of halogens is 3. The molecule has 0 heterocycles. The fraction of sp³-hybridized carbons (Fsp3) is 0.571. The minimum Gasteiger partial charge on any atom is -0.309 e. The SMILES string of the molecule is CC(C)CC(Cl)CNCC(F)(F)c1ccccc1. The van der Waals surface area contributed by atoms with Crippen LogP contribution < -0.4 is 5.32 Å². The predicted octanol–water partition coefficient (Wildman–Crippen LogP) is 4.02. The normalized spacial score (nSPS) is 13.9. The minimum absolute atomic E-state index is 0.0347. The van der Waals surface area contributed by atoms with Crippen LogP contribution in [0, 0.1) is 5.92 Å². The summed E-state index contributed by atoms with van der Waals surface area (Å²) in [7, 11) is 0. The molecular formula is C14H20ClF2N. The number of alkyl halides is 3. The lowest BCUT2D eigenvalue weighted by molar-refractivity contribution is -0.00296. The Morgan fingerprint density at radius 2 is 1.83 bits per heavy atom. The van der Waals surface area contributed by atoms with Gasteiger partial charge < -0.3 is 5.32 Å². The summed E-state index contributed by atoms with van der Waals surface area (Å²) in [6.45, 7) is 4.16. The molecule has 18 heavy (non-hydrogen) atoms. The van der Waals surface area contributed by atoms with Gasteiger partial charge in [0.1, 0.15) is 0 Å². The van der Waals surface area contributed by atoms with E-state index in [0.29, 0.717) is 12.5 Å². The van der Waals surface area contributed by atoms with Crippen molar-refractivity contribution in [1.82, 2.24) is 5.32 Å². The van der Waals surface area contributed by atoms with E-state index in [9.17, 15) is 8.78 Å². The molecule has 1 aromatic rings. The van der Waals surface area contributed by atoms with Gasteiger partial charge in [0.2, 0.25) is 0 Å². The second-order valence-electron chi connectivity index (χ2n) is 4.93. The van der Waals surface area contributed by atoms with Gasteiger partial charge in [-0.15, -0.1) is 11.6 Å². The van der Waals surface area contributed by atoms with E-state index < -0.39 is 5.92 Å². The van der Waals surface area contributed by atoms with Crippen molar-refractivity contribution >= 4 is 11.6 Å². The van der Waals surface area contributed by atoms with Gasteiger partial charge in [-0.3, -0.25) is 0 Å². The molecule has 0 aliphatic heterocycles. The van der Waals surface area contributed by atoms with Crippen LogP contribution in [0.5, 0.6) is 0 Å². The molecule has 0 aromatic heterocycles. The lowest BCUT2D eigenvalue weighted by Gasteiger charge is -2.19. The van der Waals surface area contributed by atoms with Crippen LogP contribution in [0.3, 0.4) is 0 Å². The quantitative estimate of drug-likeness (QED) is 0.741. The maximum Gasteiger partial charge on any atom is 0.285 e. The van der Waals surface area contributed by atoms with Crippen LogP contribution in [0.25, 0.3) is 0 Å². The molecule has 4 heteroatoms. The third-order valence-corrected chi connectivity index (χ3v) is 2.97. The second kappa shape index (κ2) is 7.05. The van der Waals surface area contributed by atoms with Crippen molar-refractivity contribution in [1.29, 1.82) is 0 Å². The van der Waals surface area contributed by atoms with Crippen LogP contribution in [-0.2, 0) is 5.92 Å². The molecule has 1 rings (SSSR count). The van der Waals surface area contributed by atoms with Gasteiger partial charge in [-0.2, -0.15) is 8.78 Å². The molecule has 0 radical (unpaired) electrons. The number of hydrogen-bond acceptors (Lipinski definition) is 1. The molecule has 0 spiro atoms. The zero-order valence-electron chi connectivity index (χ0n) is 10.8. The molecule has 1 unspecified atom stereocenters. The highest BCUT2D eigenvalue weighted by molar-refractivity contribution is 6.20. The van der Waals surface area contributed by atoms with Crippen LogP contribution in [0.4, 0.5) is 8.78 Å². The van der Waals surface area contributed by atoms with E-state index in [1.807, 2.05) is 0 Å². The van der Waals surface area contributed by atoms with Gasteiger partial charge in [0.05, 0.1) is 6.54 Å². The Labute approximate surface area is 113 Å². The van der Waals surface area contributed by atoms with Gasteiger partial charge in [0, 0.05) is 17.5 Å². The minimum atomic E-state index is -2.85. The summed E-state index contributed by atoms with van der Waals surface area (Å²) >= 11 is 6.04. The lowest BCUT2D eigenvalue weighted by Crippen LogP contribution is -2.34. The Kier molecular flexibility index (Phi) is 6.03. The highest BCUT2D eigenvalue weighted by Crippen LogP contribution is 2.26. The largest absolute Gasteiger partial charge is 0.309 e. The average Bonchev–Trinajstić information content (AvgIpc) is 2.29. The van der Waals surface area contributed by atoms with Crippen molar-refractivity contribution in [2.24, 2.45) is 5.92 Å². The zero-order valence-corrected chi connectivity index (χ0v) is 11.6. The van der Waals surface area contributed by atoms with Crippen LogP contribution in [-0.4, -0.2) is 18.5 Å². The summed E-state index contributed by atoms with van der Waals surface area (Å²) in [4.78, 5) is 0. The number of rotatable bonds is 7. The van der Waals surface area contributed by atoms with E-state index in [4.69, 9.17) is 11.6 Å². The lowest BCUT2D eigenvalue weighted by atomic mass is 10.1. The van der Waals surface area contributed by atoms with Crippen LogP contribution in [0.1, 0.15) is 25.8 Å². The van der Waals surface area contributed by atoms with Gasteiger partial charge in [-0.05, 0) is 12.3 Å². The fourth-order valence-corrected chi connectivity index (χ4v) is 2.23. The van der Waals surface area contributed by atoms with Gasteiger partial charge in [0.15, 0.2) is 0 Å². The summed E-state index contributed by atoms with van der Waals surface area (Å²) in [6, 6.07) is 7.84. The van der Waals surface area contributed by atoms with Crippen molar-refractivity contribution in [3.63, 3.8) is 0 Å². The molecule has 0 bridgehead atoms. The van der Waals surface area contributed by atoms with E-state index in [2.05, 4.69) is 19.2 Å². The van der Waals surface area contributed by atoms with Crippen molar-refractivity contribution in [2.75, 3.05) is 13.1 Å². The van der Waals surface area contributed by atoms with E-state index >= 15 is 0 Å². The fourth-order valence-electron chi connectivity index (χ4n) is 1.76. The first-order chi connectivity index (χ1) is 8.42. The Hall–Kier alpha value is -0.670. The molecule has 1 N–H and O–H groups in total. The van der Waals surface area contributed by atoms with Crippen LogP contribution >= 0.6 is 11.6 Å². The molecule has 102 valence electrons. The first-order valence-corrected chi connectivity index (χ1v) is 6.63. The summed E-state index contributed by atoms with van der Waals surface area (Å²) < 4.78 is 27.5. The Bertz CT molecular complexity index is 341. The molecule has 0 aliphatic rings.